The summed E-state index contributed by atoms with van der Waals surface area (Å²) in [6, 6.07) is 11.6. The lowest BCUT2D eigenvalue weighted by atomic mass is 9.59. The molecule has 0 spiro atoms. The minimum atomic E-state index is 0.135. The Kier molecular flexibility index (Phi) is 2.82. The molecule has 2 unspecified atom stereocenters. The topological polar surface area (TPSA) is 3.88 Å². The summed E-state index contributed by atoms with van der Waals surface area (Å²) in [5.74, 6) is 0. The highest BCUT2D eigenvalue weighted by Gasteiger charge is 2.57. The van der Waals surface area contributed by atoms with Gasteiger partial charge in [0.15, 0.2) is 11.7 Å². The van der Waals surface area contributed by atoms with Crippen LogP contribution in [0.4, 0.5) is 0 Å². The summed E-state index contributed by atoms with van der Waals surface area (Å²) >= 11 is 0. The van der Waals surface area contributed by atoms with E-state index in [0.29, 0.717) is 0 Å². The minimum absolute atomic E-state index is 0.135. The van der Waals surface area contributed by atoms with E-state index >= 15 is 0 Å². The molecule has 22 heavy (non-hydrogen) atoms. The Morgan fingerprint density at radius 1 is 0.955 bits per heavy atom. The monoisotopic (exact) mass is 292 g/mol. The predicted octanol–water partition coefficient (Wildman–Crippen LogP) is 4.55. The summed E-state index contributed by atoms with van der Waals surface area (Å²) in [6.07, 6.45) is 7.01. The van der Waals surface area contributed by atoms with Crippen LogP contribution in [0.2, 0.25) is 0 Å². The van der Waals surface area contributed by atoms with Crippen LogP contribution >= 0.6 is 0 Å². The van der Waals surface area contributed by atoms with Gasteiger partial charge in [-0.25, -0.2) is 0 Å². The molecule has 2 aromatic rings. The number of hydrogen-bond donors (Lipinski definition) is 0. The first-order valence-electron chi connectivity index (χ1n) is 8.73. The third kappa shape index (κ3) is 1.42. The van der Waals surface area contributed by atoms with E-state index in [-0.39, 0.29) is 11.0 Å². The minimum Gasteiger partial charge on any atom is -0.192 e. The number of hydrogen-bond acceptors (Lipinski definition) is 0. The summed E-state index contributed by atoms with van der Waals surface area (Å²) < 4.78 is 2.61. The standard InChI is InChI=1S/C21H26N/c1-5-20(3)17-11-7-9-15-12-13-16-10-8-14-22(19(16)18(15)17)21(20,4)6-2/h7-11,14H,5-6,12-13H2,1-4H3/q+1. The molecule has 1 heteroatoms. The number of aromatic nitrogens is 1. The second-order valence-corrected chi connectivity index (χ2v) is 7.40. The van der Waals surface area contributed by atoms with Gasteiger partial charge in [0.1, 0.15) is 0 Å². The molecule has 1 nitrogen and oxygen atoms in total. The van der Waals surface area contributed by atoms with Crippen LogP contribution in [0, 0.1) is 0 Å². The van der Waals surface area contributed by atoms with Gasteiger partial charge in [-0.05, 0) is 43.4 Å². The van der Waals surface area contributed by atoms with Crippen LogP contribution in [-0.2, 0) is 23.8 Å². The zero-order valence-corrected chi connectivity index (χ0v) is 14.2. The van der Waals surface area contributed by atoms with E-state index in [1.54, 1.807) is 16.7 Å². The van der Waals surface area contributed by atoms with Crippen molar-refractivity contribution in [1.29, 1.82) is 0 Å². The quantitative estimate of drug-likeness (QED) is 0.715. The average molecular weight is 292 g/mol. The molecule has 0 saturated carbocycles. The maximum absolute atomic E-state index is 2.61. The van der Waals surface area contributed by atoms with E-state index in [2.05, 4.69) is 68.8 Å². The molecule has 1 aliphatic heterocycles. The molecular formula is C21H26N+. The van der Waals surface area contributed by atoms with Crippen molar-refractivity contribution < 1.29 is 4.57 Å². The Morgan fingerprint density at radius 2 is 1.68 bits per heavy atom. The Balaban J connectivity index is 2.19. The van der Waals surface area contributed by atoms with Crippen molar-refractivity contribution in [3.63, 3.8) is 0 Å². The summed E-state index contributed by atoms with van der Waals surface area (Å²) in [5.41, 5.74) is 8.00. The van der Waals surface area contributed by atoms with Gasteiger partial charge in [-0.2, -0.15) is 4.57 Å². The van der Waals surface area contributed by atoms with Gasteiger partial charge in [0.05, 0.1) is 11.0 Å². The van der Waals surface area contributed by atoms with E-state index in [1.807, 2.05) is 0 Å². The van der Waals surface area contributed by atoms with Crippen molar-refractivity contribution in [1.82, 2.24) is 0 Å². The van der Waals surface area contributed by atoms with Crippen molar-refractivity contribution in [3.05, 3.63) is 53.2 Å². The van der Waals surface area contributed by atoms with Gasteiger partial charge in [0.25, 0.3) is 0 Å². The van der Waals surface area contributed by atoms with Crippen LogP contribution in [0.5, 0.6) is 0 Å². The molecule has 0 saturated heterocycles. The average Bonchev–Trinajstić information content (AvgIpc) is 2.58. The lowest BCUT2D eigenvalue weighted by Crippen LogP contribution is -2.68. The van der Waals surface area contributed by atoms with Crippen molar-refractivity contribution in [2.45, 2.75) is 64.3 Å². The molecule has 2 heterocycles. The maximum atomic E-state index is 2.61. The van der Waals surface area contributed by atoms with E-state index in [9.17, 15) is 0 Å². The molecule has 2 atom stereocenters. The van der Waals surface area contributed by atoms with E-state index in [4.69, 9.17) is 0 Å². The fourth-order valence-corrected chi connectivity index (χ4v) is 4.95. The lowest BCUT2D eigenvalue weighted by Gasteiger charge is -2.47. The lowest BCUT2D eigenvalue weighted by molar-refractivity contribution is -0.765. The van der Waals surface area contributed by atoms with Crippen LogP contribution in [0.25, 0.3) is 11.3 Å². The van der Waals surface area contributed by atoms with E-state index < -0.39 is 0 Å². The third-order valence-electron chi connectivity index (χ3n) is 6.84. The van der Waals surface area contributed by atoms with Crippen LogP contribution < -0.4 is 4.57 Å². The Labute approximate surface area is 134 Å². The number of rotatable bonds is 2. The van der Waals surface area contributed by atoms with Gasteiger partial charge in [-0.15, -0.1) is 0 Å². The molecule has 0 amide bonds. The molecule has 4 rings (SSSR count). The fourth-order valence-electron chi connectivity index (χ4n) is 4.95. The van der Waals surface area contributed by atoms with Crippen molar-refractivity contribution in [2.75, 3.05) is 0 Å². The number of aryl methyl sites for hydroxylation is 2. The maximum Gasteiger partial charge on any atom is 0.216 e. The molecule has 0 radical (unpaired) electrons. The fraction of sp³-hybridized carbons (Fsp3) is 0.476. The van der Waals surface area contributed by atoms with Crippen molar-refractivity contribution in [3.8, 4) is 11.3 Å². The molecule has 1 aromatic carbocycles. The molecule has 2 aliphatic rings. The number of nitrogens with zero attached hydrogens (tertiary/aromatic N) is 1. The largest absolute Gasteiger partial charge is 0.216 e. The van der Waals surface area contributed by atoms with Gasteiger partial charge in [-0.1, -0.05) is 32.0 Å². The summed E-state index contributed by atoms with van der Waals surface area (Å²) in [5, 5.41) is 0. The first-order chi connectivity index (χ1) is 10.6. The zero-order chi connectivity index (χ0) is 15.5. The molecule has 0 fully saturated rings. The molecule has 1 aliphatic carbocycles. The molecule has 0 bridgehead atoms. The highest BCUT2D eigenvalue weighted by atomic mass is 15.1. The number of pyridine rings is 1. The van der Waals surface area contributed by atoms with Gasteiger partial charge in [0.2, 0.25) is 5.69 Å². The van der Waals surface area contributed by atoms with Gasteiger partial charge < -0.3 is 0 Å². The highest BCUT2D eigenvalue weighted by Crippen LogP contribution is 2.51. The highest BCUT2D eigenvalue weighted by molar-refractivity contribution is 5.73. The smallest absolute Gasteiger partial charge is 0.192 e. The molecule has 1 aromatic heterocycles. The zero-order valence-electron chi connectivity index (χ0n) is 14.2. The summed E-state index contributed by atoms with van der Waals surface area (Å²) in [7, 11) is 0. The van der Waals surface area contributed by atoms with Crippen LogP contribution in [0.15, 0.2) is 36.5 Å². The first kappa shape index (κ1) is 14.0. The van der Waals surface area contributed by atoms with E-state index in [1.165, 1.54) is 30.5 Å². The van der Waals surface area contributed by atoms with Gasteiger partial charge in [-0.3, -0.25) is 0 Å². The Hall–Kier alpha value is -1.63. The third-order valence-corrected chi connectivity index (χ3v) is 6.84. The van der Waals surface area contributed by atoms with Crippen LogP contribution in [0.3, 0.4) is 0 Å². The van der Waals surface area contributed by atoms with Crippen LogP contribution in [0.1, 0.15) is 57.2 Å². The van der Waals surface area contributed by atoms with Gasteiger partial charge >= 0.3 is 0 Å². The second kappa shape index (κ2) is 4.44. The normalized spacial score (nSPS) is 28.4. The van der Waals surface area contributed by atoms with Crippen LogP contribution in [-0.4, -0.2) is 0 Å². The summed E-state index contributed by atoms with van der Waals surface area (Å²) in [6.45, 7) is 9.63. The number of benzene rings is 1. The Morgan fingerprint density at radius 3 is 2.41 bits per heavy atom. The summed E-state index contributed by atoms with van der Waals surface area (Å²) in [4.78, 5) is 0. The van der Waals surface area contributed by atoms with Crippen molar-refractivity contribution >= 4 is 0 Å². The Bertz CT molecular complexity index is 695. The predicted molar refractivity (Wildman–Crippen MR) is 91.1 cm³/mol. The molecular weight excluding hydrogens is 266 g/mol. The SMILES string of the molecule is CCC1(C)c2cccc3c2-c2c(ccc[n+]2C1(C)CC)CC3. The molecule has 0 N–H and O–H groups in total. The van der Waals surface area contributed by atoms with Crippen molar-refractivity contribution in [2.24, 2.45) is 0 Å². The first-order valence-corrected chi connectivity index (χ1v) is 8.73. The van der Waals surface area contributed by atoms with Gasteiger partial charge in [0, 0.05) is 25.0 Å². The molecule has 114 valence electrons. The van der Waals surface area contributed by atoms with E-state index in [0.717, 1.165) is 6.42 Å². The second-order valence-electron chi connectivity index (χ2n) is 7.40.